The molecule has 0 aliphatic carbocycles. The number of nitrogens with one attached hydrogen (secondary N) is 1. The third kappa shape index (κ3) is 2.65. The Labute approximate surface area is 124 Å². The zero-order valence-corrected chi connectivity index (χ0v) is 12.9. The van der Waals surface area contributed by atoms with E-state index in [0.717, 1.165) is 45.5 Å². The molecule has 0 bridgehead atoms. The molecule has 3 rings (SSSR count). The summed E-state index contributed by atoms with van der Waals surface area (Å²) in [6.45, 7) is 4.59. The van der Waals surface area contributed by atoms with Crippen LogP contribution in [0.25, 0.3) is 0 Å². The first kappa shape index (κ1) is 14.5. The van der Waals surface area contributed by atoms with Gasteiger partial charge < -0.3 is 9.47 Å². The summed E-state index contributed by atoms with van der Waals surface area (Å²) in [5.74, 6) is 6.42. The van der Waals surface area contributed by atoms with E-state index >= 15 is 0 Å². The lowest BCUT2D eigenvalue weighted by molar-refractivity contribution is -0.103. The van der Waals surface area contributed by atoms with Gasteiger partial charge in [-0.1, -0.05) is 6.92 Å². The maximum Gasteiger partial charge on any atom is 0.0940 e. The van der Waals surface area contributed by atoms with E-state index in [-0.39, 0.29) is 11.6 Å². The van der Waals surface area contributed by atoms with Crippen LogP contribution < -0.4 is 11.3 Å². The third-order valence-electron chi connectivity index (χ3n) is 4.69. The van der Waals surface area contributed by atoms with Gasteiger partial charge in [-0.05, 0) is 42.2 Å². The molecule has 20 heavy (non-hydrogen) atoms. The SMILES string of the molecule is CCc1ccsc1C(NN)C1CCOC2(CCOC2)C1. The second-order valence-corrected chi connectivity index (χ2v) is 6.84. The summed E-state index contributed by atoms with van der Waals surface area (Å²) in [4.78, 5) is 1.40. The van der Waals surface area contributed by atoms with Gasteiger partial charge in [0.05, 0.1) is 18.2 Å². The van der Waals surface area contributed by atoms with Crippen molar-refractivity contribution in [2.45, 2.75) is 44.2 Å². The van der Waals surface area contributed by atoms with Gasteiger partial charge in [-0.2, -0.15) is 0 Å². The summed E-state index contributed by atoms with van der Waals surface area (Å²) in [5.41, 5.74) is 4.43. The Morgan fingerprint density at radius 3 is 3.15 bits per heavy atom. The van der Waals surface area contributed by atoms with Crippen molar-refractivity contribution in [2.24, 2.45) is 11.8 Å². The number of aryl methyl sites for hydroxylation is 1. The third-order valence-corrected chi connectivity index (χ3v) is 5.74. The Kier molecular flexibility index (Phi) is 4.43. The summed E-state index contributed by atoms with van der Waals surface area (Å²) in [6.07, 6.45) is 4.20. The normalized spacial score (nSPS) is 31.8. The first-order valence-electron chi connectivity index (χ1n) is 7.52. The molecule has 0 aromatic carbocycles. The summed E-state index contributed by atoms with van der Waals surface area (Å²) in [7, 11) is 0. The quantitative estimate of drug-likeness (QED) is 0.662. The van der Waals surface area contributed by atoms with E-state index in [0.29, 0.717) is 5.92 Å². The van der Waals surface area contributed by atoms with Crippen molar-refractivity contribution in [3.8, 4) is 0 Å². The molecule has 2 fully saturated rings. The van der Waals surface area contributed by atoms with Gasteiger partial charge in [-0.15, -0.1) is 11.3 Å². The van der Waals surface area contributed by atoms with E-state index in [9.17, 15) is 0 Å². The van der Waals surface area contributed by atoms with Crippen LogP contribution in [0.3, 0.4) is 0 Å². The molecule has 3 heterocycles. The highest BCUT2D eigenvalue weighted by molar-refractivity contribution is 7.10. The maximum absolute atomic E-state index is 6.04. The minimum Gasteiger partial charge on any atom is -0.378 e. The lowest BCUT2D eigenvalue weighted by Gasteiger charge is -2.40. The van der Waals surface area contributed by atoms with Crippen LogP contribution >= 0.6 is 11.3 Å². The lowest BCUT2D eigenvalue weighted by Crippen LogP contribution is -2.45. The number of rotatable bonds is 4. The molecule has 0 radical (unpaired) electrons. The van der Waals surface area contributed by atoms with Gasteiger partial charge in [0.15, 0.2) is 0 Å². The zero-order chi connectivity index (χ0) is 14.0. The molecule has 2 aliphatic heterocycles. The fraction of sp³-hybridized carbons (Fsp3) is 0.733. The van der Waals surface area contributed by atoms with Crippen LogP contribution in [0.1, 0.15) is 42.7 Å². The Morgan fingerprint density at radius 1 is 1.55 bits per heavy atom. The number of thiophene rings is 1. The number of hydrogen-bond acceptors (Lipinski definition) is 5. The Balaban J connectivity index is 1.78. The fourth-order valence-corrected chi connectivity index (χ4v) is 4.70. The molecular formula is C15H24N2O2S. The summed E-state index contributed by atoms with van der Waals surface area (Å²) < 4.78 is 11.6. The standard InChI is InChI=1S/C15H24N2O2S/c1-2-11-4-8-20-14(11)13(17-16)12-3-6-19-15(9-12)5-7-18-10-15/h4,8,12-13,17H,2-3,5-7,9-10,16H2,1H3. The van der Waals surface area contributed by atoms with Crippen molar-refractivity contribution in [2.75, 3.05) is 19.8 Å². The largest absolute Gasteiger partial charge is 0.378 e. The molecule has 4 nitrogen and oxygen atoms in total. The Hall–Kier alpha value is -0.460. The van der Waals surface area contributed by atoms with Gasteiger partial charge in [0.1, 0.15) is 0 Å². The van der Waals surface area contributed by atoms with Crippen molar-refractivity contribution in [1.82, 2.24) is 5.43 Å². The van der Waals surface area contributed by atoms with E-state index in [1.165, 1.54) is 10.4 Å². The highest BCUT2D eigenvalue weighted by atomic mass is 32.1. The zero-order valence-electron chi connectivity index (χ0n) is 12.1. The van der Waals surface area contributed by atoms with Gasteiger partial charge in [0, 0.05) is 24.5 Å². The van der Waals surface area contributed by atoms with Crippen LogP contribution in [0.5, 0.6) is 0 Å². The molecule has 1 aromatic rings. The molecule has 0 saturated carbocycles. The van der Waals surface area contributed by atoms with Crippen LogP contribution in [-0.4, -0.2) is 25.4 Å². The highest BCUT2D eigenvalue weighted by Gasteiger charge is 2.43. The average Bonchev–Trinajstić information content (AvgIpc) is 3.10. The molecular weight excluding hydrogens is 272 g/mol. The number of nitrogens with two attached hydrogens (primary N) is 1. The Bertz CT molecular complexity index is 443. The first-order valence-corrected chi connectivity index (χ1v) is 8.40. The minimum atomic E-state index is -0.0539. The van der Waals surface area contributed by atoms with Gasteiger partial charge in [0.25, 0.3) is 0 Å². The van der Waals surface area contributed by atoms with E-state index in [2.05, 4.69) is 23.8 Å². The molecule has 3 N–H and O–H groups in total. The summed E-state index contributed by atoms with van der Waals surface area (Å²) >= 11 is 1.82. The summed E-state index contributed by atoms with van der Waals surface area (Å²) in [6, 6.07) is 2.46. The van der Waals surface area contributed by atoms with E-state index < -0.39 is 0 Å². The van der Waals surface area contributed by atoms with Crippen molar-refractivity contribution < 1.29 is 9.47 Å². The molecule has 5 heteroatoms. The van der Waals surface area contributed by atoms with Gasteiger partial charge in [0.2, 0.25) is 0 Å². The van der Waals surface area contributed by atoms with Crippen LogP contribution in [0.4, 0.5) is 0 Å². The highest BCUT2D eigenvalue weighted by Crippen LogP contribution is 2.42. The Morgan fingerprint density at radius 2 is 2.45 bits per heavy atom. The van der Waals surface area contributed by atoms with E-state index in [4.69, 9.17) is 15.3 Å². The average molecular weight is 296 g/mol. The molecule has 1 aromatic heterocycles. The molecule has 2 aliphatic rings. The molecule has 2 saturated heterocycles. The van der Waals surface area contributed by atoms with Crippen molar-refractivity contribution in [3.05, 3.63) is 21.9 Å². The monoisotopic (exact) mass is 296 g/mol. The number of hydrogen-bond donors (Lipinski definition) is 2. The van der Waals surface area contributed by atoms with E-state index in [1.54, 1.807) is 0 Å². The van der Waals surface area contributed by atoms with Crippen molar-refractivity contribution in [1.29, 1.82) is 0 Å². The van der Waals surface area contributed by atoms with Crippen LogP contribution in [0, 0.1) is 5.92 Å². The molecule has 0 amide bonds. The van der Waals surface area contributed by atoms with Crippen LogP contribution in [-0.2, 0) is 15.9 Å². The minimum absolute atomic E-state index is 0.0539. The smallest absolute Gasteiger partial charge is 0.0940 e. The predicted molar refractivity (Wildman–Crippen MR) is 80.6 cm³/mol. The van der Waals surface area contributed by atoms with Crippen molar-refractivity contribution >= 4 is 11.3 Å². The van der Waals surface area contributed by atoms with E-state index in [1.807, 2.05) is 11.3 Å². The molecule has 3 unspecified atom stereocenters. The topological polar surface area (TPSA) is 56.5 Å². The maximum atomic E-state index is 6.04. The first-order chi connectivity index (χ1) is 9.78. The van der Waals surface area contributed by atoms with Gasteiger partial charge >= 0.3 is 0 Å². The van der Waals surface area contributed by atoms with Gasteiger partial charge in [-0.25, -0.2) is 0 Å². The summed E-state index contributed by atoms with van der Waals surface area (Å²) in [5, 5.41) is 2.17. The molecule has 1 spiro atoms. The lowest BCUT2D eigenvalue weighted by atomic mass is 9.80. The molecule has 112 valence electrons. The number of ether oxygens (including phenoxy) is 2. The fourth-order valence-electron chi connectivity index (χ4n) is 3.55. The second-order valence-electron chi connectivity index (χ2n) is 5.89. The van der Waals surface area contributed by atoms with Crippen LogP contribution in [0.2, 0.25) is 0 Å². The predicted octanol–water partition coefficient (Wildman–Crippen LogP) is 2.40. The number of hydrazine groups is 1. The van der Waals surface area contributed by atoms with Crippen LogP contribution in [0.15, 0.2) is 11.4 Å². The van der Waals surface area contributed by atoms with Crippen molar-refractivity contribution in [3.63, 3.8) is 0 Å². The second kappa shape index (κ2) is 6.12. The van der Waals surface area contributed by atoms with Gasteiger partial charge in [-0.3, -0.25) is 11.3 Å². The molecule has 3 atom stereocenters.